The fraction of sp³-hybridized carbons (Fsp3) is 0.550. The Kier molecular flexibility index (Phi) is 5.92. The first-order valence-corrected chi connectivity index (χ1v) is 9.59. The first-order valence-electron chi connectivity index (χ1n) is 9.59. The minimum Gasteiger partial charge on any atom is -0.329 e. The molecule has 1 fully saturated rings. The first kappa shape index (κ1) is 19.5. The summed E-state index contributed by atoms with van der Waals surface area (Å²) in [4.78, 5) is 37.7. The SMILES string of the molecule is CC(C)CC(CN)NCc1ccc2c(c1)CN(C1CCC(=O)NC1=O)C2=O. The second-order valence-corrected chi connectivity index (χ2v) is 7.83. The van der Waals surface area contributed by atoms with Gasteiger partial charge in [0.15, 0.2) is 0 Å². The molecule has 3 amide bonds. The van der Waals surface area contributed by atoms with Crippen LogP contribution in [0.3, 0.4) is 0 Å². The number of hydrogen-bond acceptors (Lipinski definition) is 5. The van der Waals surface area contributed by atoms with Gasteiger partial charge >= 0.3 is 0 Å². The van der Waals surface area contributed by atoms with Crippen molar-refractivity contribution in [3.8, 4) is 0 Å². The lowest BCUT2D eigenvalue weighted by Crippen LogP contribution is -2.52. The van der Waals surface area contributed by atoms with E-state index in [1.54, 1.807) is 4.90 Å². The van der Waals surface area contributed by atoms with E-state index in [9.17, 15) is 14.4 Å². The summed E-state index contributed by atoms with van der Waals surface area (Å²) in [5.74, 6) is -0.220. The fourth-order valence-electron chi connectivity index (χ4n) is 3.83. The van der Waals surface area contributed by atoms with Crippen LogP contribution >= 0.6 is 0 Å². The molecule has 27 heavy (non-hydrogen) atoms. The molecule has 7 heteroatoms. The van der Waals surface area contributed by atoms with Gasteiger partial charge in [-0.1, -0.05) is 26.0 Å². The number of nitrogens with zero attached hydrogens (tertiary/aromatic N) is 1. The standard InChI is InChI=1S/C20H28N4O3/c1-12(2)7-15(9-21)22-10-13-3-4-16-14(8-13)11-24(20(16)27)17-5-6-18(25)23-19(17)26/h3-4,8,12,15,17,22H,5-7,9-11,21H2,1-2H3,(H,23,25,26). The van der Waals surface area contributed by atoms with Crippen molar-refractivity contribution in [1.82, 2.24) is 15.5 Å². The second kappa shape index (κ2) is 8.19. The third-order valence-electron chi connectivity index (χ3n) is 5.22. The molecule has 1 aromatic rings. The Labute approximate surface area is 159 Å². The third kappa shape index (κ3) is 4.36. The van der Waals surface area contributed by atoms with Crippen LogP contribution in [-0.4, -0.2) is 41.2 Å². The lowest BCUT2D eigenvalue weighted by Gasteiger charge is -2.29. The molecule has 7 nitrogen and oxygen atoms in total. The molecule has 0 saturated carbocycles. The number of nitrogens with two attached hydrogens (primary N) is 1. The molecule has 0 radical (unpaired) electrons. The van der Waals surface area contributed by atoms with Gasteiger partial charge in [0.05, 0.1) is 0 Å². The molecule has 0 aromatic heterocycles. The molecule has 1 aromatic carbocycles. The number of piperidine rings is 1. The van der Waals surface area contributed by atoms with Gasteiger partial charge in [0.2, 0.25) is 11.8 Å². The van der Waals surface area contributed by atoms with E-state index in [1.807, 2.05) is 18.2 Å². The number of carbonyl (C=O) groups excluding carboxylic acids is 3. The van der Waals surface area contributed by atoms with Gasteiger partial charge in [-0.05, 0) is 36.0 Å². The maximum atomic E-state index is 12.7. The van der Waals surface area contributed by atoms with Crippen LogP contribution < -0.4 is 16.4 Å². The van der Waals surface area contributed by atoms with Crippen LogP contribution in [-0.2, 0) is 22.7 Å². The molecule has 2 aliphatic rings. The van der Waals surface area contributed by atoms with E-state index in [-0.39, 0.29) is 30.2 Å². The van der Waals surface area contributed by atoms with Crippen LogP contribution in [0.5, 0.6) is 0 Å². The van der Waals surface area contributed by atoms with E-state index in [0.717, 1.165) is 17.5 Å². The highest BCUT2D eigenvalue weighted by Gasteiger charge is 2.39. The summed E-state index contributed by atoms with van der Waals surface area (Å²) in [6, 6.07) is 5.49. The molecule has 2 atom stereocenters. The largest absolute Gasteiger partial charge is 0.329 e. The Morgan fingerprint density at radius 3 is 2.74 bits per heavy atom. The Morgan fingerprint density at radius 2 is 2.07 bits per heavy atom. The van der Waals surface area contributed by atoms with E-state index in [1.165, 1.54) is 0 Å². The number of fused-ring (bicyclic) bond motifs is 1. The molecule has 3 rings (SSSR count). The van der Waals surface area contributed by atoms with Gasteiger partial charge in [-0.25, -0.2) is 0 Å². The smallest absolute Gasteiger partial charge is 0.255 e. The van der Waals surface area contributed by atoms with E-state index < -0.39 is 6.04 Å². The molecule has 0 aliphatic carbocycles. The fourth-order valence-corrected chi connectivity index (χ4v) is 3.83. The van der Waals surface area contributed by atoms with Crippen LogP contribution in [0.25, 0.3) is 0 Å². The highest BCUT2D eigenvalue weighted by molar-refractivity contribution is 6.05. The highest BCUT2D eigenvalue weighted by atomic mass is 16.2. The van der Waals surface area contributed by atoms with E-state index >= 15 is 0 Å². The number of hydrogen-bond donors (Lipinski definition) is 3. The van der Waals surface area contributed by atoms with E-state index in [0.29, 0.717) is 37.5 Å². The minimum atomic E-state index is -0.572. The summed E-state index contributed by atoms with van der Waals surface area (Å²) in [6.07, 6.45) is 1.66. The molecule has 146 valence electrons. The van der Waals surface area contributed by atoms with Crippen LogP contribution in [0.2, 0.25) is 0 Å². The van der Waals surface area contributed by atoms with Crippen molar-refractivity contribution in [3.05, 3.63) is 34.9 Å². The number of rotatable bonds is 7. The van der Waals surface area contributed by atoms with Crippen molar-refractivity contribution < 1.29 is 14.4 Å². The average Bonchev–Trinajstić information content (AvgIpc) is 2.94. The number of imide groups is 1. The Hall–Kier alpha value is -2.25. The Morgan fingerprint density at radius 1 is 1.30 bits per heavy atom. The first-order chi connectivity index (χ1) is 12.9. The molecule has 2 aliphatic heterocycles. The zero-order valence-electron chi connectivity index (χ0n) is 16.0. The molecule has 2 heterocycles. The second-order valence-electron chi connectivity index (χ2n) is 7.83. The maximum Gasteiger partial charge on any atom is 0.255 e. The number of carbonyl (C=O) groups is 3. The predicted octanol–water partition coefficient (Wildman–Crippen LogP) is 0.911. The van der Waals surface area contributed by atoms with Crippen molar-refractivity contribution >= 4 is 17.7 Å². The van der Waals surface area contributed by atoms with Gasteiger partial charge in [-0.15, -0.1) is 0 Å². The van der Waals surface area contributed by atoms with E-state index in [2.05, 4.69) is 24.5 Å². The summed E-state index contributed by atoms with van der Waals surface area (Å²) in [5, 5.41) is 5.81. The third-order valence-corrected chi connectivity index (χ3v) is 5.22. The molecule has 1 saturated heterocycles. The zero-order valence-corrected chi connectivity index (χ0v) is 16.0. The molecule has 0 bridgehead atoms. The zero-order chi connectivity index (χ0) is 19.6. The van der Waals surface area contributed by atoms with Crippen molar-refractivity contribution in [2.75, 3.05) is 6.54 Å². The van der Waals surface area contributed by atoms with Crippen molar-refractivity contribution in [3.63, 3.8) is 0 Å². The van der Waals surface area contributed by atoms with Gasteiger partial charge in [-0.2, -0.15) is 0 Å². The molecular weight excluding hydrogens is 344 g/mol. The van der Waals surface area contributed by atoms with Gasteiger partial charge in [0.25, 0.3) is 5.91 Å². The summed E-state index contributed by atoms with van der Waals surface area (Å²) >= 11 is 0. The quantitative estimate of drug-likeness (QED) is 0.617. The van der Waals surface area contributed by atoms with Gasteiger partial charge in [0, 0.05) is 37.7 Å². The summed E-state index contributed by atoms with van der Waals surface area (Å²) in [5.41, 5.74) is 8.50. The Balaban J connectivity index is 1.67. The van der Waals surface area contributed by atoms with Crippen LogP contribution in [0.15, 0.2) is 18.2 Å². The highest BCUT2D eigenvalue weighted by Crippen LogP contribution is 2.28. The van der Waals surface area contributed by atoms with Gasteiger partial charge in [-0.3, -0.25) is 19.7 Å². The van der Waals surface area contributed by atoms with Crippen molar-refractivity contribution in [2.45, 2.75) is 58.3 Å². The van der Waals surface area contributed by atoms with Crippen LogP contribution in [0, 0.1) is 5.92 Å². The molecule has 4 N–H and O–H groups in total. The lowest BCUT2D eigenvalue weighted by atomic mass is 10.0. The van der Waals surface area contributed by atoms with Crippen molar-refractivity contribution in [2.24, 2.45) is 11.7 Å². The number of nitrogens with one attached hydrogen (secondary N) is 2. The summed E-state index contributed by atoms with van der Waals surface area (Å²) in [7, 11) is 0. The monoisotopic (exact) mass is 372 g/mol. The summed E-state index contributed by atoms with van der Waals surface area (Å²) in [6.45, 7) is 6.03. The van der Waals surface area contributed by atoms with Crippen LogP contribution in [0.1, 0.15) is 54.6 Å². The average molecular weight is 372 g/mol. The van der Waals surface area contributed by atoms with Crippen molar-refractivity contribution in [1.29, 1.82) is 0 Å². The molecule has 2 unspecified atom stereocenters. The minimum absolute atomic E-state index is 0.140. The van der Waals surface area contributed by atoms with Gasteiger partial charge < -0.3 is 16.0 Å². The normalized spacial score (nSPS) is 20.8. The maximum absolute atomic E-state index is 12.7. The van der Waals surface area contributed by atoms with Crippen LogP contribution in [0.4, 0.5) is 0 Å². The number of benzene rings is 1. The topological polar surface area (TPSA) is 105 Å². The lowest BCUT2D eigenvalue weighted by molar-refractivity contribution is -0.136. The molecule has 0 spiro atoms. The number of amides is 3. The van der Waals surface area contributed by atoms with Gasteiger partial charge in [0.1, 0.15) is 6.04 Å². The summed E-state index contributed by atoms with van der Waals surface area (Å²) < 4.78 is 0. The molecular formula is C20H28N4O3. The van der Waals surface area contributed by atoms with E-state index in [4.69, 9.17) is 5.73 Å². The Bertz CT molecular complexity index is 747. The predicted molar refractivity (Wildman–Crippen MR) is 102 cm³/mol.